The molecule has 7 nitrogen and oxygen atoms in total. The quantitative estimate of drug-likeness (QED) is 0.873. The Bertz CT molecular complexity index is 726. The summed E-state index contributed by atoms with van der Waals surface area (Å²) in [5.74, 6) is 0.0310. The Hall–Kier alpha value is -2.15. The Morgan fingerprint density at radius 2 is 2.25 bits per heavy atom. The maximum atomic E-state index is 12.9. The molecule has 1 amide bonds. The Labute approximate surface area is 142 Å². The summed E-state index contributed by atoms with van der Waals surface area (Å²) in [5, 5.41) is 15.1. The van der Waals surface area contributed by atoms with Crippen LogP contribution in [-0.2, 0) is 7.05 Å². The first-order chi connectivity index (χ1) is 11.5. The lowest BCUT2D eigenvalue weighted by molar-refractivity contribution is 0.0686. The summed E-state index contributed by atoms with van der Waals surface area (Å²) in [6.07, 6.45) is 1.96. The van der Waals surface area contributed by atoms with Gasteiger partial charge in [0.15, 0.2) is 0 Å². The van der Waals surface area contributed by atoms with E-state index in [1.54, 1.807) is 0 Å². The number of hydrogen-bond donors (Lipinski definition) is 2. The molecule has 0 saturated carbocycles. The molecule has 3 rings (SSSR count). The molecule has 1 aliphatic heterocycles. The van der Waals surface area contributed by atoms with Crippen molar-refractivity contribution in [3.63, 3.8) is 0 Å². The zero-order valence-corrected chi connectivity index (χ0v) is 14.9. The third-order valence-corrected chi connectivity index (χ3v) is 4.77. The Morgan fingerprint density at radius 3 is 2.83 bits per heavy atom. The van der Waals surface area contributed by atoms with Crippen LogP contribution in [0.5, 0.6) is 0 Å². The molecule has 24 heavy (non-hydrogen) atoms. The van der Waals surface area contributed by atoms with E-state index in [1.165, 1.54) is 0 Å². The molecule has 0 bridgehead atoms. The lowest BCUT2D eigenvalue weighted by Gasteiger charge is -2.27. The number of nitrogens with zero attached hydrogens (tertiary/aromatic N) is 4. The second kappa shape index (κ2) is 6.76. The molecular formula is C17H26N6O. The van der Waals surface area contributed by atoms with E-state index in [4.69, 9.17) is 0 Å². The molecule has 3 heterocycles. The predicted molar refractivity (Wildman–Crippen MR) is 92.9 cm³/mol. The normalized spacial score (nSPS) is 17.4. The van der Waals surface area contributed by atoms with Crippen molar-refractivity contribution in [2.24, 2.45) is 7.05 Å². The smallest absolute Gasteiger partial charge is 0.272 e. The zero-order chi connectivity index (χ0) is 17.3. The van der Waals surface area contributed by atoms with E-state index in [1.807, 2.05) is 36.5 Å². The third kappa shape index (κ3) is 2.96. The van der Waals surface area contributed by atoms with Gasteiger partial charge in [-0.1, -0.05) is 6.92 Å². The topological polar surface area (TPSA) is 78.8 Å². The Balaban J connectivity index is 1.87. The summed E-state index contributed by atoms with van der Waals surface area (Å²) in [6, 6.07) is 2.12. The number of nitrogens with one attached hydrogen (secondary N) is 2. The van der Waals surface area contributed by atoms with Gasteiger partial charge in [-0.15, -0.1) is 0 Å². The van der Waals surface area contributed by atoms with E-state index in [2.05, 4.69) is 27.5 Å². The van der Waals surface area contributed by atoms with Crippen LogP contribution in [-0.4, -0.2) is 56.5 Å². The van der Waals surface area contributed by atoms with E-state index in [0.717, 1.165) is 55.1 Å². The van der Waals surface area contributed by atoms with E-state index in [9.17, 15) is 4.79 Å². The molecule has 1 fully saturated rings. The molecule has 1 saturated heterocycles. The number of aromatic nitrogens is 4. The van der Waals surface area contributed by atoms with Crippen molar-refractivity contribution >= 4 is 5.91 Å². The number of rotatable bonds is 5. The van der Waals surface area contributed by atoms with Crippen LogP contribution >= 0.6 is 0 Å². The minimum Gasteiger partial charge on any atom is -0.333 e. The van der Waals surface area contributed by atoms with Gasteiger partial charge in [0.05, 0.1) is 11.4 Å². The summed E-state index contributed by atoms with van der Waals surface area (Å²) < 4.78 is 1.84. The van der Waals surface area contributed by atoms with Gasteiger partial charge in [-0.3, -0.25) is 14.6 Å². The van der Waals surface area contributed by atoms with Crippen molar-refractivity contribution in [3.05, 3.63) is 23.1 Å². The molecule has 1 aliphatic rings. The number of H-pyrrole nitrogens is 1. The molecule has 1 atom stereocenters. The number of amides is 1. The first kappa shape index (κ1) is 16.7. The standard InChI is InChI=1S/C17H26N6O/c1-5-8-23(13-6-7-18-10-13)17(24)15-9-14(19-20-15)16-11(2)21-22(4)12(16)3/h9,13,18H,5-8,10H2,1-4H3,(H,19,20). The predicted octanol–water partition coefficient (Wildman–Crippen LogP) is 1.64. The van der Waals surface area contributed by atoms with Crippen molar-refractivity contribution in [3.8, 4) is 11.3 Å². The summed E-state index contributed by atoms with van der Waals surface area (Å²) >= 11 is 0. The average molecular weight is 330 g/mol. The maximum Gasteiger partial charge on any atom is 0.272 e. The fourth-order valence-corrected chi connectivity index (χ4v) is 3.45. The highest BCUT2D eigenvalue weighted by Gasteiger charge is 2.28. The fourth-order valence-electron chi connectivity index (χ4n) is 3.45. The number of hydrogen-bond acceptors (Lipinski definition) is 4. The molecule has 130 valence electrons. The first-order valence-corrected chi connectivity index (χ1v) is 8.60. The van der Waals surface area contributed by atoms with Crippen LogP contribution in [0, 0.1) is 13.8 Å². The van der Waals surface area contributed by atoms with Gasteiger partial charge in [-0.05, 0) is 39.3 Å². The number of aryl methyl sites for hydroxylation is 2. The van der Waals surface area contributed by atoms with Crippen molar-refractivity contribution in [2.75, 3.05) is 19.6 Å². The van der Waals surface area contributed by atoms with Crippen LogP contribution in [0.3, 0.4) is 0 Å². The summed E-state index contributed by atoms with van der Waals surface area (Å²) in [4.78, 5) is 14.9. The van der Waals surface area contributed by atoms with Crippen molar-refractivity contribution < 1.29 is 4.79 Å². The van der Waals surface area contributed by atoms with Crippen LogP contribution in [0.15, 0.2) is 6.07 Å². The average Bonchev–Trinajstić information content (AvgIpc) is 3.27. The summed E-state index contributed by atoms with van der Waals surface area (Å²) in [5.41, 5.74) is 4.29. The number of carbonyl (C=O) groups excluding carboxylic acids is 1. The molecule has 2 aromatic rings. The van der Waals surface area contributed by atoms with Gasteiger partial charge in [0.1, 0.15) is 5.69 Å². The molecule has 1 unspecified atom stereocenters. The molecule has 2 N–H and O–H groups in total. The van der Waals surface area contributed by atoms with Gasteiger partial charge in [0.2, 0.25) is 0 Å². The monoisotopic (exact) mass is 330 g/mol. The fraction of sp³-hybridized carbons (Fsp3) is 0.588. The van der Waals surface area contributed by atoms with Crippen molar-refractivity contribution in [1.82, 2.24) is 30.2 Å². The van der Waals surface area contributed by atoms with Gasteiger partial charge in [-0.25, -0.2) is 0 Å². The third-order valence-electron chi connectivity index (χ3n) is 4.77. The molecular weight excluding hydrogens is 304 g/mol. The van der Waals surface area contributed by atoms with E-state index < -0.39 is 0 Å². The van der Waals surface area contributed by atoms with Crippen LogP contribution in [0.2, 0.25) is 0 Å². The number of aromatic amines is 1. The minimum absolute atomic E-state index is 0.0310. The molecule has 0 aliphatic carbocycles. The second-order valence-corrected chi connectivity index (χ2v) is 6.48. The molecule has 7 heteroatoms. The van der Waals surface area contributed by atoms with E-state index >= 15 is 0 Å². The largest absolute Gasteiger partial charge is 0.333 e. The summed E-state index contributed by atoms with van der Waals surface area (Å²) in [6.45, 7) is 8.69. The first-order valence-electron chi connectivity index (χ1n) is 8.60. The van der Waals surface area contributed by atoms with Gasteiger partial charge in [0, 0.05) is 37.4 Å². The highest BCUT2D eigenvalue weighted by molar-refractivity contribution is 5.93. The zero-order valence-electron chi connectivity index (χ0n) is 14.9. The van der Waals surface area contributed by atoms with Gasteiger partial charge < -0.3 is 10.2 Å². The maximum absolute atomic E-state index is 12.9. The Morgan fingerprint density at radius 1 is 1.46 bits per heavy atom. The van der Waals surface area contributed by atoms with Gasteiger partial charge in [0.25, 0.3) is 5.91 Å². The highest BCUT2D eigenvalue weighted by atomic mass is 16.2. The molecule has 0 radical (unpaired) electrons. The Kier molecular flexibility index (Phi) is 4.71. The lowest BCUT2D eigenvalue weighted by atomic mass is 10.1. The molecule has 2 aromatic heterocycles. The summed E-state index contributed by atoms with van der Waals surface area (Å²) in [7, 11) is 1.92. The molecule has 0 aromatic carbocycles. The highest BCUT2D eigenvalue weighted by Crippen LogP contribution is 2.25. The lowest BCUT2D eigenvalue weighted by Crippen LogP contribution is -2.42. The molecule has 0 spiro atoms. The van der Waals surface area contributed by atoms with Crippen LogP contribution < -0.4 is 5.32 Å². The van der Waals surface area contributed by atoms with Crippen molar-refractivity contribution in [2.45, 2.75) is 39.7 Å². The van der Waals surface area contributed by atoms with Crippen LogP contribution in [0.4, 0.5) is 0 Å². The van der Waals surface area contributed by atoms with E-state index in [0.29, 0.717) is 5.69 Å². The van der Waals surface area contributed by atoms with Gasteiger partial charge >= 0.3 is 0 Å². The minimum atomic E-state index is 0.0310. The van der Waals surface area contributed by atoms with Crippen molar-refractivity contribution in [1.29, 1.82) is 0 Å². The van der Waals surface area contributed by atoms with Crippen LogP contribution in [0.1, 0.15) is 41.6 Å². The van der Waals surface area contributed by atoms with E-state index in [-0.39, 0.29) is 11.9 Å². The van der Waals surface area contributed by atoms with Crippen LogP contribution in [0.25, 0.3) is 11.3 Å². The number of carbonyl (C=O) groups is 1. The second-order valence-electron chi connectivity index (χ2n) is 6.48. The van der Waals surface area contributed by atoms with Gasteiger partial charge in [-0.2, -0.15) is 10.2 Å². The SMILES string of the molecule is CCCN(C(=O)c1cc(-c2c(C)nn(C)c2C)n[nH]1)C1CCNC1.